The lowest BCUT2D eigenvalue weighted by Crippen LogP contribution is -2.26. The van der Waals surface area contributed by atoms with Gasteiger partial charge in [-0.15, -0.1) is 0 Å². The zero-order valence-electron chi connectivity index (χ0n) is 16.8. The van der Waals surface area contributed by atoms with Crippen LogP contribution in [0.5, 0.6) is 11.5 Å². The number of esters is 1. The molecule has 0 atom stereocenters. The zero-order chi connectivity index (χ0) is 22.0. The Morgan fingerprint density at radius 3 is 2.68 bits per heavy atom. The fourth-order valence-electron chi connectivity index (χ4n) is 3.17. The molecule has 2 aromatic carbocycles. The van der Waals surface area contributed by atoms with Crippen LogP contribution in [0.4, 0.5) is 0 Å². The van der Waals surface area contributed by atoms with Crippen molar-refractivity contribution >= 4 is 33.8 Å². The molecule has 0 fully saturated rings. The second-order valence-electron chi connectivity index (χ2n) is 6.60. The first kappa shape index (κ1) is 20.1. The Kier molecular flexibility index (Phi) is 5.40. The van der Waals surface area contributed by atoms with Gasteiger partial charge in [0.2, 0.25) is 11.4 Å². The van der Waals surface area contributed by atoms with Gasteiger partial charge in [0.05, 0.1) is 26.1 Å². The van der Waals surface area contributed by atoms with Crippen LogP contribution in [0, 0.1) is 0 Å². The van der Waals surface area contributed by atoms with Gasteiger partial charge >= 0.3 is 5.97 Å². The molecule has 0 saturated heterocycles. The Balaban J connectivity index is 1.49. The van der Waals surface area contributed by atoms with Crippen LogP contribution >= 0.6 is 0 Å². The molecule has 0 aliphatic carbocycles. The minimum Gasteiger partial charge on any atom is -0.497 e. The number of nitrogens with zero attached hydrogens (tertiary/aromatic N) is 2. The molecule has 0 spiro atoms. The van der Waals surface area contributed by atoms with Gasteiger partial charge in [0.1, 0.15) is 29.1 Å². The molecular weight excluding hydrogens is 404 g/mol. The van der Waals surface area contributed by atoms with Gasteiger partial charge in [-0.25, -0.2) is 4.98 Å². The van der Waals surface area contributed by atoms with Crippen molar-refractivity contribution in [2.24, 2.45) is 0 Å². The highest BCUT2D eigenvalue weighted by molar-refractivity contribution is 6.02. The largest absolute Gasteiger partial charge is 0.497 e. The number of Topliss-reactive ketones (excluding diaryl/α,β-unsaturated/α-hetero) is 1. The molecule has 4 rings (SSSR count). The van der Waals surface area contributed by atoms with E-state index in [-0.39, 0.29) is 11.1 Å². The summed E-state index contributed by atoms with van der Waals surface area (Å²) in [6, 6.07) is 11.9. The Morgan fingerprint density at radius 2 is 1.90 bits per heavy atom. The van der Waals surface area contributed by atoms with Crippen molar-refractivity contribution in [2.45, 2.75) is 6.54 Å². The van der Waals surface area contributed by atoms with E-state index in [0.717, 1.165) is 4.57 Å². The first-order valence-corrected chi connectivity index (χ1v) is 9.29. The monoisotopic (exact) mass is 422 g/mol. The maximum Gasteiger partial charge on any atom is 0.326 e. The lowest BCUT2D eigenvalue weighted by molar-refractivity contribution is -0.143. The number of furan rings is 1. The number of hydrogen-bond donors (Lipinski definition) is 0. The summed E-state index contributed by atoms with van der Waals surface area (Å²) in [6.45, 7) is -0.932. The minimum atomic E-state index is -0.769. The van der Waals surface area contributed by atoms with Crippen molar-refractivity contribution in [3.8, 4) is 11.5 Å². The predicted molar refractivity (Wildman–Crippen MR) is 111 cm³/mol. The van der Waals surface area contributed by atoms with E-state index in [1.807, 2.05) is 6.07 Å². The Bertz CT molecular complexity index is 1350. The van der Waals surface area contributed by atoms with Crippen molar-refractivity contribution in [1.82, 2.24) is 9.55 Å². The average Bonchev–Trinajstić information content (AvgIpc) is 3.18. The van der Waals surface area contributed by atoms with Crippen molar-refractivity contribution in [3.05, 3.63) is 64.7 Å². The van der Waals surface area contributed by atoms with Crippen LogP contribution in [0.25, 0.3) is 22.1 Å². The summed E-state index contributed by atoms with van der Waals surface area (Å²) in [6.07, 6.45) is 1.25. The van der Waals surface area contributed by atoms with E-state index >= 15 is 0 Å². The van der Waals surface area contributed by atoms with Gasteiger partial charge < -0.3 is 18.6 Å². The molecule has 9 heteroatoms. The molecule has 0 saturated carbocycles. The summed E-state index contributed by atoms with van der Waals surface area (Å²) < 4.78 is 22.0. The SMILES string of the molecule is COc1ccc(OC)c(C(=O)COC(=O)Cn2cnc3c(oc4ccccc43)c2=O)c1. The van der Waals surface area contributed by atoms with Crippen LogP contribution in [0.2, 0.25) is 0 Å². The Labute approximate surface area is 175 Å². The van der Waals surface area contributed by atoms with Crippen LogP contribution in [-0.4, -0.2) is 42.1 Å². The van der Waals surface area contributed by atoms with Crippen molar-refractivity contribution in [3.63, 3.8) is 0 Å². The maximum absolute atomic E-state index is 12.7. The third-order valence-electron chi connectivity index (χ3n) is 4.72. The molecule has 0 radical (unpaired) electrons. The minimum absolute atomic E-state index is 0.0497. The van der Waals surface area contributed by atoms with Gasteiger partial charge in [-0.3, -0.25) is 19.0 Å². The predicted octanol–water partition coefficient (Wildman–Crippen LogP) is 2.59. The van der Waals surface area contributed by atoms with Gasteiger partial charge in [0.25, 0.3) is 5.56 Å². The molecule has 0 unspecified atom stereocenters. The first-order valence-electron chi connectivity index (χ1n) is 9.29. The number of hydrogen-bond acceptors (Lipinski definition) is 8. The number of methoxy groups -OCH3 is 2. The van der Waals surface area contributed by atoms with E-state index in [0.29, 0.717) is 28.0 Å². The molecular formula is C22H18N2O7. The van der Waals surface area contributed by atoms with Gasteiger partial charge in [0.15, 0.2) is 6.61 Å². The van der Waals surface area contributed by atoms with Crippen molar-refractivity contribution in [2.75, 3.05) is 20.8 Å². The van der Waals surface area contributed by atoms with E-state index in [1.165, 1.54) is 26.6 Å². The summed E-state index contributed by atoms with van der Waals surface area (Å²) in [5, 5.41) is 0.710. The van der Waals surface area contributed by atoms with Gasteiger partial charge in [-0.2, -0.15) is 0 Å². The number of ketones is 1. The summed E-state index contributed by atoms with van der Waals surface area (Å²) in [4.78, 5) is 41.6. The Morgan fingerprint density at radius 1 is 1.10 bits per heavy atom. The normalized spacial score (nSPS) is 10.9. The van der Waals surface area contributed by atoms with Crippen molar-refractivity contribution < 1.29 is 28.2 Å². The topological polar surface area (TPSA) is 110 Å². The van der Waals surface area contributed by atoms with E-state index in [2.05, 4.69) is 4.98 Å². The second-order valence-corrected chi connectivity index (χ2v) is 6.60. The summed E-state index contributed by atoms with van der Waals surface area (Å²) in [5.74, 6) is -0.443. The average molecular weight is 422 g/mol. The number of carbonyl (C=O) groups is 2. The Hall–Kier alpha value is -4.14. The van der Waals surface area contributed by atoms with Gasteiger partial charge in [-0.05, 0) is 30.3 Å². The highest BCUT2D eigenvalue weighted by Gasteiger charge is 2.18. The molecule has 2 aromatic heterocycles. The maximum atomic E-state index is 12.7. The molecule has 0 aliphatic heterocycles. The molecule has 31 heavy (non-hydrogen) atoms. The number of para-hydroxylation sites is 1. The van der Waals surface area contributed by atoms with Gasteiger partial charge in [-0.1, -0.05) is 12.1 Å². The molecule has 158 valence electrons. The van der Waals surface area contributed by atoms with Crippen LogP contribution in [0.1, 0.15) is 10.4 Å². The van der Waals surface area contributed by atoms with Gasteiger partial charge in [0, 0.05) is 5.39 Å². The summed E-state index contributed by atoms with van der Waals surface area (Å²) >= 11 is 0. The van der Waals surface area contributed by atoms with E-state index in [1.54, 1.807) is 30.3 Å². The van der Waals surface area contributed by atoms with Crippen LogP contribution in [0.15, 0.2) is 58.0 Å². The smallest absolute Gasteiger partial charge is 0.326 e. The molecule has 0 bridgehead atoms. The number of carbonyl (C=O) groups excluding carboxylic acids is 2. The number of ether oxygens (including phenoxy) is 3. The third kappa shape index (κ3) is 3.85. The molecule has 2 heterocycles. The molecule has 0 aliphatic rings. The molecule has 0 N–H and O–H groups in total. The van der Waals surface area contributed by atoms with E-state index in [4.69, 9.17) is 18.6 Å². The summed E-state index contributed by atoms with van der Waals surface area (Å²) in [5.41, 5.74) is 0.704. The number of aromatic nitrogens is 2. The number of rotatable bonds is 7. The highest BCUT2D eigenvalue weighted by Crippen LogP contribution is 2.25. The quantitative estimate of drug-likeness (QED) is 0.330. The fourth-order valence-corrected chi connectivity index (χ4v) is 3.17. The molecule has 9 nitrogen and oxygen atoms in total. The summed E-state index contributed by atoms with van der Waals surface area (Å²) in [7, 11) is 2.90. The highest BCUT2D eigenvalue weighted by atomic mass is 16.5. The molecule has 0 amide bonds. The van der Waals surface area contributed by atoms with Crippen LogP contribution < -0.4 is 15.0 Å². The van der Waals surface area contributed by atoms with E-state index in [9.17, 15) is 14.4 Å². The van der Waals surface area contributed by atoms with Crippen LogP contribution in [0.3, 0.4) is 0 Å². The fraction of sp³-hybridized carbons (Fsp3) is 0.182. The lowest BCUT2D eigenvalue weighted by Gasteiger charge is -2.10. The van der Waals surface area contributed by atoms with Crippen molar-refractivity contribution in [1.29, 1.82) is 0 Å². The standard InChI is InChI=1S/C22H18N2O7/c1-28-13-7-8-17(29-2)15(9-13)16(25)11-30-19(26)10-24-12-23-20-14-5-3-4-6-18(14)31-21(20)22(24)27/h3-9,12H,10-11H2,1-2H3. The number of benzene rings is 2. The number of fused-ring (bicyclic) bond motifs is 3. The zero-order valence-corrected chi connectivity index (χ0v) is 16.8. The van der Waals surface area contributed by atoms with Crippen LogP contribution in [-0.2, 0) is 16.1 Å². The molecule has 4 aromatic rings. The second kappa shape index (κ2) is 8.31. The van der Waals surface area contributed by atoms with E-state index < -0.39 is 30.5 Å². The lowest BCUT2D eigenvalue weighted by atomic mass is 10.1. The third-order valence-corrected chi connectivity index (χ3v) is 4.72. The first-order chi connectivity index (χ1) is 15.0.